The van der Waals surface area contributed by atoms with Crippen LogP contribution in [0.5, 0.6) is 5.75 Å². The van der Waals surface area contributed by atoms with E-state index in [1.807, 2.05) is 0 Å². The van der Waals surface area contributed by atoms with Crippen LogP contribution in [0, 0.1) is 20.2 Å². The van der Waals surface area contributed by atoms with Crippen LogP contribution in [0.4, 0.5) is 17.5 Å². The molecule has 0 aliphatic heterocycles. The summed E-state index contributed by atoms with van der Waals surface area (Å²) < 4.78 is 10.3. The minimum Gasteiger partial charge on any atom is -0.506 e. The molecular formula is C16H13N3O7. The van der Waals surface area contributed by atoms with E-state index in [1.165, 1.54) is 30.3 Å². The van der Waals surface area contributed by atoms with E-state index >= 15 is 0 Å². The highest BCUT2D eigenvalue weighted by Gasteiger charge is 2.20. The lowest BCUT2D eigenvalue weighted by Gasteiger charge is -2.23. The van der Waals surface area contributed by atoms with Crippen LogP contribution in [0.1, 0.15) is 11.5 Å². The average molecular weight is 359 g/mol. The molecule has 0 unspecified atom stereocenters. The van der Waals surface area contributed by atoms with E-state index in [-0.39, 0.29) is 18.8 Å². The zero-order chi connectivity index (χ0) is 18.7. The molecule has 1 N–H and O–H groups in total. The number of nitro groups is 2. The Kier molecular flexibility index (Phi) is 4.56. The summed E-state index contributed by atoms with van der Waals surface area (Å²) in [5.74, 6) is -0.228. The van der Waals surface area contributed by atoms with Gasteiger partial charge in [0.05, 0.1) is 30.9 Å². The Hall–Kier alpha value is -3.82. The van der Waals surface area contributed by atoms with Crippen molar-refractivity contribution in [2.75, 3.05) is 4.90 Å². The van der Waals surface area contributed by atoms with E-state index in [1.54, 1.807) is 23.1 Å². The molecule has 10 heteroatoms. The van der Waals surface area contributed by atoms with Gasteiger partial charge in [0.15, 0.2) is 0 Å². The van der Waals surface area contributed by atoms with Crippen LogP contribution in [0.2, 0.25) is 0 Å². The maximum absolute atomic E-state index is 10.8. The fourth-order valence-electron chi connectivity index (χ4n) is 2.43. The number of aromatic hydroxyl groups is 1. The first-order valence-corrected chi connectivity index (χ1v) is 7.43. The molecule has 2 aromatic heterocycles. The van der Waals surface area contributed by atoms with Crippen LogP contribution in [0.15, 0.2) is 57.4 Å². The average Bonchev–Trinajstić information content (AvgIpc) is 3.24. The molecule has 10 nitrogen and oxygen atoms in total. The lowest BCUT2D eigenvalue weighted by molar-refractivity contribution is -0.402. The van der Waals surface area contributed by atoms with Crippen molar-refractivity contribution in [3.63, 3.8) is 0 Å². The Balaban J connectivity index is 1.89. The van der Waals surface area contributed by atoms with Crippen molar-refractivity contribution in [2.45, 2.75) is 13.1 Å². The molecule has 0 spiro atoms. The van der Waals surface area contributed by atoms with E-state index in [9.17, 15) is 25.3 Å². The summed E-state index contributed by atoms with van der Waals surface area (Å²) in [5.41, 5.74) is 0.422. The molecule has 0 amide bonds. The van der Waals surface area contributed by atoms with Gasteiger partial charge in [-0.1, -0.05) is 12.1 Å². The number of benzene rings is 1. The summed E-state index contributed by atoms with van der Waals surface area (Å²) >= 11 is 0. The predicted octanol–water partition coefficient (Wildman–Crippen LogP) is 3.60. The first-order chi connectivity index (χ1) is 12.4. The van der Waals surface area contributed by atoms with Crippen molar-refractivity contribution < 1.29 is 23.8 Å². The summed E-state index contributed by atoms with van der Waals surface area (Å²) in [6, 6.07) is 11.9. The predicted molar refractivity (Wildman–Crippen MR) is 88.7 cm³/mol. The lowest BCUT2D eigenvalue weighted by Crippen LogP contribution is -2.21. The minimum atomic E-state index is -0.649. The van der Waals surface area contributed by atoms with Gasteiger partial charge in [0.25, 0.3) is 0 Å². The fourth-order valence-corrected chi connectivity index (χ4v) is 2.43. The monoisotopic (exact) mass is 359 g/mol. The number of para-hydroxylation sites is 2. The van der Waals surface area contributed by atoms with Gasteiger partial charge in [-0.2, -0.15) is 0 Å². The molecule has 0 aliphatic carbocycles. The van der Waals surface area contributed by atoms with Gasteiger partial charge in [-0.15, -0.1) is 0 Å². The number of hydrogen-bond acceptors (Lipinski definition) is 8. The zero-order valence-corrected chi connectivity index (χ0v) is 13.3. The zero-order valence-electron chi connectivity index (χ0n) is 13.3. The number of rotatable bonds is 7. The van der Waals surface area contributed by atoms with Crippen molar-refractivity contribution in [2.24, 2.45) is 0 Å². The van der Waals surface area contributed by atoms with Gasteiger partial charge in [-0.05, 0) is 24.3 Å². The number of furan rings is 2. The Morgan fingerprint density at radius 3 is 1.77 bits per heavy atom. The van der Waals surface area contributed by atoms with Crippen LogP contribution in [0.3, 0.4) is 0 Å². The largest absolute Gasteiger partial charge is 0.506 e. The Labute approximate surface area is 146 Å². The summed E-state index contributed by atoms with van der Waals surface area (Å²) in [5, 5.41) is 31.6. The van der Waals surface area contributed by atoms with Crippen molar-refractivity contribution >= 4 is 17.5 Å². The first-order valence-electron chi connectivity index (χ1n) is 7.43. The third-order valence-corrected chi connectivity index (χ3v) is 3.57. The molecule has 1 aromatic carbocycles. The molecule has 3 aromatic rings. The molecule has 0 saturated heterocycles. The maximum atomic E-state index is 10.8. The number of phenolic OH excluding ortho intramolecular Hbond substituents is 1. The molecule has 0 radical (unpaired) electrons. The summed E-state index contributed by atoms with van der Waals surface area (Å²) in [6.45, 7) is 0.166. The van der Waals surface area contributed by atoms with Gasteiger partial charge >= 0.3 is 11.8 Å². The summed E-state index contributed by atoms with van der Waals surface area (Å²) in [4.78, 5) is 21.8. The molecule has 2 heterocycles. The van der Waals surface area contributed by atoms with E-state index in [0.717, 1.165) is 0 Å². The van der Waals surface area contributed by atoms with Gasteiger partial charge < -0.3 is 18.8 Å². The first kappa shape index (κ1) is 17.0. The maximum Gasteiger partial charge on any atom is 0.433 e. The van der Waals surface area contributed by atoms with Crippen molar-refractivity contribution in [3.05, 3.63) is 80.3 Å². The quantitative estimate of drug-likeness (QED) is 0.499. The molecule has 0 atom stereocenters. The third-order valence-electron chi connectivity index (χ3n) is 3.57. The second kappa shape index (κ2) is 6.97. The van der Waals surface area contributed by atoms with E-state index < -0.39 is 21.6 Å². The Morgan fingerprint density at radius 1 is 0.846 bits per heavy atom. The van der Waals surface area contributed by atoms with Crippen LogP contribution >= 0.6 is 0 Å². The minimum absolute atomic E-state index is 0.0189. The Bertz CT molecular complexity index is 892. The SMILES string of the molecule is O=[N+]([O-])c1ccc(CN(Cc2ccc([N+](=O)[O-])o2)c2ccccc2O)o1. The van der Waals surface area contributed by atoms with Crippen molar-refractivity contribution in [1.29, 1.82) is 0 Å². The molecule has 134 valence electrons. The molecule has 0 bridgehead atoms. The summed E-state index contributed by atoms with van der Waals surface area (Å²) in [6.07, 6.45) is 0. The topological polar surface area (TPSA) is 136 Å². The van der Waals surface area contributed by atoms with Crippen LogP contribution in [-0.4, -0.2) is 15.0 Å². The number of nitrogens with zero attached hydrogens (tertiary/aromatic N) is 3. The van der Waals surface area contributed by atoms with Crippen molar-refractivity contribution in [3.8, 4) is 5.75 Å². The highest BCUT2D eigenvalue weighted by Crippen LogP contribution is 2.31. The standard InChI is InChI=1S/C16H13N3O7/c20-14-4-2-1-3-13(14)17(9-11-5-7-15(25-11)18(21)22)10-12-6-8-16(26-12)19(23)24/h1-8,20H,9-10H2. The van der Waals surface area contributed by atoms with Crippen LogP contribution in [0.25, 0.3) is 0 Å². The number of anilines is 1. The molecular weight excluding hydrogens is 346 g/mol. The second-order valence-electron chi connectivity index (χ2n) is 5.34. The highest BCUT2D eigenvalue weighted by atomic mass is 16.7. The van der Waals surface area contributed by atoms with Crippen LogP contribution < -0.4 is 4.90 Å². The van der Waals surface area contributed by atoms with Gasteiger partial charge in [-0.25, -0.2) is 0 Å². The number of phenols is 1. The second-order valence-corrected chi connectivity index (χ2v) is 5.34. The molecule has 0 saturated carbocycles. The fraction of sp³-hybridized carbons (Fsp3) is 0.125. The highest BCUT2D eigenvalue weighted by molar-refractivity contribution is 5.57. The Morgan fingerprint density at radius 2 is 1.35 bits per heavy atom. The van der Waals surface area contributed by atoms with Gasteiger partial charge in [0, 0.05) is 0 Å². The van der Waals surface area contributed by atoms with Gasteiger partial charge in [-0.3, -0.25) is 20.2 Å². The molecule has 0 aliphatic rings. The van der Waals surface area contributed by atoms with Crippen LogP contribution in [-0.2, 0) is 13.1 Å². The third kappa shape index (κ3) is 3.64. The number of hydrogen-bond donors (Lipinski definition) is 1. The van der Waals surface area contributed by atoms with Gasteiger partial charge in [0.2, 0.25) is 0 Å². The molecule has 26 heavy (non-hydrogen) atoms. The summed E-state index contributed by atoms with van der Waals surface area (Å²) in [7, 11) is 0. The van der Waals surface area contributed by atoms with Gasteiger partial charge in [0.1, 0.15) is 27.1 Å². The van der Waals surface area contributed by atoms with Crippen molar-refractivity contribution in [1.82, 2.24) is 0 Å². The lowest BCUT2D eigenvalue weighted by atomic mass is 10.2. The normalized spacial score (nSPS) is 10.6. The van der Waals surface area contributed by atoms with E-state index in [4.69, 9.17) is 8.83 Å². The van der Waals surface area contributed by atoms with E-state index in [0.29, 0.717) is 17.2 Å². The van der Waals surface area contributed by atoms with E-state index in [2.05, 4.69) is 0 Å². The molecule has 3 rings (SSSR count). The molecule has 0 fully saturated rings. The smallest absolute Gasteiger partial charge is 0.433 e.